The van der Waals surface area contributed by atoms with Crippen molar-refractivity contribution in [1.29, 1.82) is 0 Å². The summed E-state index contributed by atoms with van der Waals surface area (Å²) in [4.78, 5) is 24.8. The van der Waals surface area contributed by atoms with Crippen molar-refractivity contribution in [3.05, 3.63) is 29.8 Å². The van der Waals surface area contributed by atoms with Crippen LogP contribution in [-0.2, 0) is 9.53 Å². The molecule has 1 aliphatic rings. The Hall–Kier alpha value is -1.92. The number of rotatable bonds is 7. The molecule has 2 atom stereocenters. The van der Waals surface area contributed by atoms with Gasteiger partial charge in [-0.1, -0.05) is 26.8 Å². The van der Waals surface area contributed by atoms with Gasteiger partial charge in [0.25, 0.3) is 5.91 Å². The molecule has 0 heterocycles. The number of benzene rings is 1. The normalized spacial score (nSPS) is 24.3. The van der Waals surface area contributed by atoms with Crippen LogP contribution in [0.25, 0.3) is 0 Å². The van der Waals surface area contributed by atoms with E-state index < -0.39 is 11.0 Å². The number of hydrogen-bond acceptors (Lipinski definition) is 4. The second-order valence-electron chi connectivity index (χ2n) is 7.13. The number of carbonyl (C=O) groups is 2. The molecule has 1 aliphatic carbocycles. The van der Waals surface area contributed by atoms with Crippen LogP contribution in [0.5, 0.6) is 0 Å². The van der Waals surface area contributed by atoms with Crippen molar-refractivity contribution in [3.8, 4) is 0 Å². The van der Waals surface area contributed by atoms with E-state index in [4.69, 9.17) is 10.5 Å². The number of carbonyl (C=O) groups excluding carboxylic acids is 2. The van der Waals surface area contributed by atoms with Gasteiger partial charge in [0, 0.05) is 36.2 Å². The molecule has 1 aromatic rings. The van der Waals surface area contributed by atoms with E-state index in [-0.39, 0.29) is 17.9 Å². The van der Waals surface area contributed by atoms with Gasteiger partial charge in [0.15, 0.2) is 0 Å². The third kappa shape index (κ3) is 3.70. The highest BCUT2D eigenvalue weighted by Gasteiger charge is 2.62. The fourth-order valence-corrected chi connectivity index (χ4v) is 3.14. The average Bonchev–Trinajstić information content (AvgIpc) is 2.59. The fourth-order valence-electron chi connectivity index (χ4n) is 3.14. The Kier molecular flexibility index (Phi) is 5.85. The number of anilines is 1. The summed E-state index contributed by atoms with van der Waals surface area (Å²) in [6.45, 7) is 9.04. The Bertz CT molecular complexity index is 645. The topological polar surface area (TPSA) is 93.5 Å². The summed E-state index contributed by atoms with van der Waals surface area (Å²) < 4.78 is 5.66. The standard InChI is InChI=1S/C19H29N3O3/c1-5-10-21-16(23)13-8-7-9-14(11-13)22-17(24)19(20)12-15(25-6-2)18(19,3)4/h7-9,11,15H,5-6,10,12,20H2,1-4H3,(H,21,23)(H,22,24). The highest BCUT2D eigenvalue weighted by Crippen LogP contribution is 2.50. The summed E-state index contributed by atoms with van der Waals surface area (Å²) in [5.74, 6) is -0.402. The number of nitrogens with one attached hydrogen (secondary N) is 2. The lowest BCUT2D eigenvalue weighted by Crippen LogP contribution is -2.74. The predicted octanol–water partition coefficient (Wildman–Crippen LogP) is 2.30. The van der Waals surface area contributed by atoms with Gasteiger partial charge in [-0.2, -0.15) is 0 Å². The van der Waals surface area contributed by atoms with Crippen LogP contribution in [0.15, 0.2) is 24.3 Å². The maximum atomic E-state index is 12.7. The summed E-state index contributed by atoms with van der Waals surface area (Å²) in [5.41, 5.74) is 6.01. The first-order valence-corrected chi connectivity index (χ1v) is 8.86. The van der Waals surface area contributed by atoms with E-state index in [2.05, 4.69) is 10.6 Å². The van der Waals surface area contributed by atoms with E-state index in [0.717, 1.165) is 6.42 Å². The average molecular weight is 347 g/mol. The minimum atomic E-state index is -0.993. The molecule has 2 rings (SSSR count). The monoisotopic (exact) mass is 347 g/mol. The third-order valence-corrected chi connectivity index (χ3v) is 5.15. The largest absolute Gasteiger partial charge is 0.378 e. The maximum absolute atomic E-state index is 12.7. The molecule has 2 amide bonds. The summed E-state index contributed by atoms with van der Waals surface area (Å²) in [6, 6.07) is 6.88. The smallest absolute Gasteiger partial charge is 0.251 e. The zero-order valence-corrected chi connectivity index (χ0v) is 15.5. The van der Waals surface area contributed by atoms with E-state index in [1.165, 1.54) is 0 Å². The second kappa shape index (κ2) is 7.54. The lowest BCUT2D eigenvalue weighted by Gasteiger charge is -2.57. The van der Waals surface area contributed by atoms with Crippen LogP contribution in [0.2, 0.25) is 0 Å². The van der Waals surface area contributed by atoms with E-state index in [0.29, 0.717) is 30.8 Å². The van der Waals surface area contributed by atoms with Crippen LogP contribution in [0.1, 0.15) is 50.9 Å². The van der Waals surface area contributed by atoms with Crippen LogP contribution in [0.4, 0.5) is 5.69 Å². The maximum Gasteiger partial charge on any atom is 0.251 e. The van der Waals surface area contributed by atoms with E-state index >= 15 is 0 Å². The van der Waals surface area contributed by atoms with Gasteiger partial charge in [-0.3, -0.25) is 9.59 Å². The zero-order valence-electron chi connectivity index (χ0n) is 15.5. The first-order valence-electron chi connectivity index (χ1n) is 8.86. The minimum Gasteiger partial charge on any atom is -0.378 e. The Labute approximate surface area is 149 Å². The molecule has 0 saturated heterocycles. The van der Waals surface area contributed by atoms with Crippen molar-refractivity contribution in [2.75, 3.05) is 18.5 Å². The van der Waals surface area contributed by atoms with Crippen LogP contribution in [0.3, 0.4) is 0 Å². The van der Waals surface area contributed by atoms with Gasteiger partial charge in [0.2, 0.25) is 5.91 Å². The fraction of sp³-hybridized carbons (Fsp3) is 0.579. The Balaban J connectivity index is 2.07. The third-order valence-electron chi connectivity index (χ3n) is 5.15. The van der Waals surface area contributed by atoms with Gasteiger partial charge >= 0.3 is 0 Å². The quantitative estimate of drug-likeness (QED) is 0.705. The van der Waals surface area contributed by atoms with Gasteiger partial charge in [0.05, 0.1) is 6.10 Å². The molecule has 6 nitrogen and oxygen atoms in total. The molecule has 1 fully saturated rings. The molecule has 25 heavy (non-hydrogen) atoms. The summed E-state index contributed by atoms with van der Waals surface area (Å²) in [6.07, 6.45) is 1.32. The second-order valence-corrected chi connectivity index (χ2v) is 7.13. The molecule has 0 aromatic heterocycles. The zero-order chi connectivity index (χ0) is 18.7. The number of amides is 2. The summed E-state index contributed by atoms with van der Waals surface area (Å²) in [7, 11) is 0. The molecule has 138 valence electrons. The van der Waals surface area contributed by atoms with Crippen molar-refractivity contribution in [2.45, 2.75) is 52.2 Å². The highest BCUT2D eigenvalue weighted by molar-refractivity contribution is 6.01. The van der Waals surface area contributed by atoms with Gasteiger partial charge in [-0.15, -0.1) is 0 Å². The van der Waals surface area contributed by atoms with Crippen molar-refractivity contribution in [2.24, 2.45) is 11.1 Å². The Morgan fingerprint density at radius 2 is 2.04 bits per heavy atom. The molecule has 0 aliphatic heterocycles. The molecular weight excluding hydrogens is 318 g/mol. The van der Waals surface area contributed by atoms with Crippen LogP contribution >= 0.6 is 0 Å². The molecule has 1 saturated carbocycles. The molecule has 0 spiro atoms. The van der Waals surface area contributed by atoms with Crippen LogP contribution in [0, 0.1) is 5.41 Å². The molecular formula is C19H29N3O3. The molecule has 1 aromatic carbocycles. The van der Waals surface area contributed by atoms with Crippen LogP contribution < -0.4 is 16.4 Å². The summed E-state index contributed by atoms with van der Waals surface area (Å²) in [5, 5.41) is 5.68. The van der Waals surface area contributed by atoms with E-state index in [1.807, 2.05) is 27.7 Å². The minimum absolute atomic E-state index is 0.0283. The number of nitrogens with two attached hydrogens (primary N) is 1. The van der Waals surface area contributed by atoms with Crippen molar-refractivity contribution in [1.82, 2.24) is 5.32 Å². The Morgan fingerprint density at radius 3 is 2.64 bits per heavy atom. The van der Waals surface area contributed by atoms with Gasteiger partial charge in [0.1, 0.15) is 5.54 Å². The van der Waals surface area contributed by atoms with Crippen molar-refractivity contribution in [3.63, 3.8) is 0 Å². The van der Waals surface area contributed by atoms with Crippen molar-refractivity contribution >= 4 is 17.5 Å². The first-order chi connectivity index (χ1) is 11.8. The summed E-state index contributed by atoms with van der Waals surface area (Å²) >= 11 is 0. The molecule has 0 bridgehead atoms. The van der Waals surface area contributed by atoms with Gasteiger partial charge in [-0.05, 0) is 31.5 Å². The molecule has 4 N–H and O–H groups in total. The predicted molar refractivity (Wildman–Crippen MR) is 98.4 cm³/mol. The SMILES string of the molecule is CCCNC(=O)c1cccc(NC(=O)C2(N)CC(OCC)C2(C)C)c1. The number of ether oxygens (including phenoxy) is 1. The van der Waals surface area contributed by atoms with E-state index in [1.54, 1.807) is 24.3 Å². The highest BCUT2D eigenvalue weighted by atomic mass is 16.5. The molecule has 0 radical (unpaired) electrons. The van der Waals surface area contributed by atoms with Gasteiger partial charge in [-0.25, -0.2) is 0 Å². The molecule has 6 heteroatoms. The molecule has 2 unspecified atom stereocenters. The van der Waals surface area contributed by atoms with Crippen molar-refractivity contribution < 1.29 is 14.3 Å². The Morgan fingerprint density at radius 1 is 1.32 bits per heavy atom. The number of hydrogen-bond donors (Lipinski definition) is 3. The lowest BCUT2D eigenvalue weighted by molar-refractivity contribution is -0.166. The lowest BCUT2D eigenvalue weighted by atomic mass is 9.54. The van der Waals surface area contributed by atoms with E-state index in [9.17, 15) is 9.59 Å². The first kappa shape index (κ1) is 19.4. The van der Waals surface area contributed by atoms with Crippen LogP contribution in [-0.4, -0.2) is 36.6 Å². The van der Waals surface area contributed by atoms with Gasteiger partial charge < -0.3 is 21.1 Å².